The Morgan fingerprint density at radius 2 is 2.04 bits per heavy atom. The van der Waals surface area contributed by atoms with Crippen LogP contribution in [0.3, 0.4) is 0 Å². The summed E-state index contributed by atoms with van der Waals surface area (Å²) < 4.78 is 22.1. The highest BCUT2D eigenvalue weighted by Gasteiger charge is 2.12. The number of fused-ring (bicyclic) bond motifs is 1. The second-order valence-corrected chi connectivity index (χ2v) is 5.89. The maximum absolute atomic E-state index is 13.7. The first-order valence-electron chi connectivity index (χ1n) is 7.16. The van der Waals surface area contributed by atoms with E-state index in [1.165, 1.54) is 23.5 Å². The Bertz CT molecular complexity index is 943. The summed E-state index contributed by atoms with van der Waals surface area (Å²) in [6, 6.07) is 11.5. The van der Waals surface area contributed by atoms with Crippen molar-refractivity contribution < 1.29 is 13.9 Å². The number of hydrogen-bond acceptors (Lipinski definition) is 3. The van der Waals surface area contributed by atoms with Gasteiger partial charge in [-0.05, 0) is 31.2 Å². The Kier molecular flexibility index (Phi) is 4.25. The van der Waals surface area contributed by atoms with Gasteiger partial charge in [-0.2, -0.15) is 4.99 Å². The number of carbonyl (C=O) groups is 1. The predicted molar refractivity (Wildman–Crippen MR) is 88.3 cm³/mol. The highest BCUT2D eigenvalue weighted by molar-refractivity contribution is 7.16. The zero-order valence-electron chi connectivity index (χ0n) is 12.7. The quantitative estimate of drug-likeness (QED) is 0.737. The van der Waals surface area contributed by atoms with E-state index in [0.29, 0.717) is 11.4 Å². The fraction of sp³-hybridized carbons (Fsp3) is 0.176. The van der Waals surface area contributed by atoms with Crippen molar-refractivity contribution in [2.24, 2.45) is 12.0 Å². The molecule has 0 spiro atoms. The van der Waals surface area contributed by atoms with Gasteiger partial charge in [-0.3, -0.25) is 4.79 Å². The van der Waals surface area contributed by atoms with Crippen LogP contribution in [0, 0.1) is 5.82 Å². The lowest BCUT2D eigenvalue weighted by Gasteiger charge is -2.05. The van der Waals surface area contributed by atoms with E-state index in [-0.39, 0.29) is 5.56 Å². The third-order valence-electron chi connectivity index (χ3n) is 3.39. The number of aryl methyl sites for hydroxylation is 1. The van der Waals surface area contributed by atoms with Crippen LogP contribution in [0.25, 0.3) is 10.2 Å². The van der Waals surface area contributed by atoms with Gasteiger partial charge >= 0.3 is 0 Å². The molecule has 23 heavy (non-hydrogen) atoms. The van der Waals surface area contributed by atoms with Gasteiger partial charge in [0.1, 0.15) is 17.1 Å². The van der Waals surface area contributed by atoms with Crippen molar-refractivity contribution in [2.75, 3.05) is 6.61 Å². The lowest BCUT2D eigenvalue weighted by Crippen LogP contribution is -2.14. The lowest BCUT2D eigenvalue weighted by molar-refractivity contribution is 0.0994. The average molecular weight is 330 g/mol. The lowest BCUT2D eigenvalue weighted by atomic mass is 10.2. The smallest absolute Gasteiger partial charge is 0.282 e. The van der Waals surface area contributed by atoms with Crippen molar-refractivity contribution in [1.82, 2.24) is 4.57 Å². The number of benzene rings is 2. The second kappa shape index (κ2) is 6.34. The van der Waals surface area contributed by atoms with E-state index in [1.807, 2.05) is 32.2 Å². The summed E-state index contributed by atoms with van der Waals surface area (Å²) in [5.74, 6) is -0.424. The van der Waals surface area contributed by atoms with Crippen molar-refractivity contribution in [1.29, 1.82) is 0 Å². The Labute approximate surface area is 136 Å². The number of para-hydroxylation sites is 1. The molecule has 3 aromatic rings. The van der Waals surface area contributed by atoms with Crippen LogP contribution < -0.4 is 9.54 Å². The Morgan fingerprint density at radius 1 is 1.26 bits per heavy atom. The van der Waals surface area contributed by atoms with Gasteiger partial charge in [0.05, 0.1) is 16.9 Å². The highest BCUT2D eigenvalue weighted by atomic mass is 32.1. The van der Waals surface area contributed by atoms with Gasteiger partial charge in [0.15, 0.2) is 4.80 Å². The molecule has 0 bridgehead atoms. The molecular weight excluding hydrogens is 315 g/mol. The van der Waals surface area contributed by atoms with Crippen molar-refractivity contribution in [3.8, 4) is 5.75 Å². The van der Waals surface area contributed by atoms with Gasteiger partial charge in [0.25, 0.3) is 5.91 Å². The topological polar surface area (TPSA) is 43.6 Å². The molecule has 0 aliphatic carbocycles. The molecule has 0 atom stereocenters. The van der Waals surface area contributed by atoms with Crippen molar-refractivity contribution in [2.45, 2.75) is 6.92 Å². The molecule has 118 valence electrons. The van der Waals surface area contributed by atoms with E-state index in [0.717, 1.165) is 16.0 Å². The molecule has 0 saturated heterocycles. The number of amides is 1. The fourth-order valence-electron chi connectivity index (χ4n) is 2.33. The van der Waals surface area contributed by atoms with Crippen LogP contribution in [0.15, 0.2) is 47.5 Å². The van der Waals surface area contributed by atoms with Gasteiger partial charge in [0.2, 0.25) is 0 Å². The van der Waals surface area contributed by atoms with E-state index in [2.05, 4.69) is 4.99 Å². The zero-order chi connectivity index (χ0) is 16.4. The Hall–Kier alpha value is -2.47. The standard InChI is InChI=1S/C17H15FN2O2S/c1-3-22-13-9-6-10-14-15(13)20(2)17(23-14)19-16(21)11-7-4-5-8-12(11)18/h4-10H,3H2,1-2H3. The minimum atomic E-state index is -0.594. The van der Waals surface area contributed by atoms with Gasteiger partial charge in [-0.25, -0.2) is 4.39 Å². The molecule has 3 rings (SSSR count). The van der Waals surface area contributed by atoms with Crippen LogP contribution in [0.5, 0.6) is 5.75 Å². The van der Waals surface area contributed by atoms with Crippen molar-refractivity contribution in [3.05, 3.63) is 58.6 Å². The summed E-state index contributed by atoms with van der Waals surface area (Å²) in [6.45, 7) is 2.47. The van der Waals surface area contributed by atoms with E-state index >= 15 is 0 Å². The second-order valence-electron chi connectivity index (χ2n) is 4.88. The molecule has 1 heterocycles. The number of nitrogens with zero attached hydrogens (tertiary/aromatic N) is 2. The van der Waals surface area contributed by atoms with E-state index < -0.39 is 11.7 Å². The number of rotatable bonds is 3. The molecule has 0 aliphatic rings. The summed E-state index contributed by atoms with van der Waals surface area (Å²) >= 11 is 1.37. The first kappa shape index (κ1) is 15.4. The molecule has 0 unspecified atom stereocenters. The minimum absolute atomic E-state index is 0.0324. The van der Waals surface area contributed by atoms with E-state index in [9.17, 15) is 9.18 Å². The molecule has 0 radical (unpaired) electrons. The van der Waals surface area contributed by atoms with Crippen LogP contribution in [-0.2, 0) is 7.05 Å². The van der Waals surface area contributed by atoms with Crippen LogP contribution in [-0.4, -0.2) is 17.1 Å². The van der Waals surface area contributed by atoms with Crippen molar-refractivity contribution >= 4 is 27.5 Å². The largest absolute Gasteiger partial charge is 0.492 e. The van der Waals surface area contributed by atoms with E-state index in [1.54, 1.807) is 16.7 Å². The average Bonchev–Trinajstić information content (AvgIpc) is 2.85. The minimum Gasteiger partial charge on any atom is -0.492 e. The SMILES string of the molecule is CCOc1cccc2sc(=NC(=O)c3ccccc3F)n(C)c12. The summed E-state index contributed by atoms with van der Waals surface area (Å²) in [5, 5.41) is 0. The third-order valence-corrected chi connectivity index (χ3v) is 4.48. The van der Waals surface area contributed by atoms with Crippen LogP contribution in [0.1, 0.15) is 17.3 Å². The van der Waals surface area contributed by atoms with Gasteiger partial charge in [-0.1, -0.05) is 29.5 Å². The highest BCUT2D eigenvalue weighted by Crippen LogP contribution is 2.26. The number of ether oxygens (including phenoxy) is 1. The first-order chi connectivity index (χ1) is 11.1. The molecule has 0 fully saturated rings. The summed E-state index contributed by atoms with van der Waals surface area (Å²) in [4.78, 5) is 16.8. The molecule has 0 saturated carbocycles. The number of carbonyl (C=O) groups excluding carboxylic acids is 1. The molecule has 2 aromatic carbocycles. The van der Waals surface area contributed by atoms with Gasteiger partial charge < -0.3 is 9.30 Å². The normalized spacial score (nSPS) is 11.9. The molecule has 1 aromatic heterocycles. The van der Waals surface area contributed by atoms with Crippen molar-refractivity contribution in [3.63, 3.8) is 0 Å². The monoisotopic (exact) mass is 330 g/mol. The summed E-state index contributed by atoms with van der Waals surface area (Å²) in [6.07, 6.45) is 0. The number of aromatic nitrogens is 1. The molecule has 6 heteroatoms. The summed E-state index contributed by atoms with van der Waals surface area (Å²) in [5.41, 5.74) is 0.842. The fourth-order valence-corrected chi connectivity index (χ4v) is 3.36. The molecular formula is C17H15FN2O2S. The Morgan fingerprint density at radius 3 is 2.78 bits per heavy atom. The number of halogens is 1. The first-order valence-corrected chi connectivity index (χ1v) is 7.98. The number of thiazole rings is 1. The van der Waals surface area contributed by atoms with Gasteiger partial charge in [-0.15, -0.1) is 0 Å². The summed E-state index contributed by atoms with van der Waals surface area (Å²) in [7, 11) is 1.81. The molecule has 1 amide bonds. The van der Waals surface area contributed by atoms with Crippen LogP contribution >= 0.6 is 11.3 Å². The van der Waals surface area contributed by atoms with Crippen LogP contribution in [0.4, 0.5) is 4.39 Å². The molecule has 0 N–H and O–H groups in total. The maximum Gasteiger partial charge on any atom is 0.282 e. The predicted octanol–water partition coefficient (Wildman–Crippen LogP) is 3.52. The Balaban J connectivity index is 2.13. The zero-order valence-corrected chi connectivity index (χ0v) is 13.6. The third kappa shape index (κ3) is 2.90. The van der Waals surface area contributed by atoms with E-state index in [4.69, 9.17) is 4.74 Å². The van der Waals surface area contributed by atoms with Crippen LogP contribution in [0.2, 0.25) is 0 Å². The molecule has 4 nitrogen and oxygen atoms in total. The molecule has 0 aliphatic heterocycles. The van der Waals surface area contributed by atoms with Gasteiger partial charge in [0, 0.05) is 7.05 Å². The number of hydrogen-bond donors (Lipinski definition) is 0. The maximum atomic E-state index is 13.7.